The molecule has 1 atom stereocenters. The van der Waals surface area contributed by atoms with Gasteiger partial charge in [0.25, 0.3) is 0 Å². The average Bonchev–Trinajstić information content (AvgIpc) is 3.02. The van der Waals surface area contributed by atoms with Crippen molar-refractivity contribution in [1.29, 1.82) is 0 Å². The van der Waals surface area contributed by atoms with Crippen LogP contribution in [0.2, 0.25) is 0 Å². The Bertz CT molecular complexity index is 1390. The Morgan fingerprint density at radius 2 is 1.62 bits per heavy atom. The number of hydrogen-bond donors (Lipinski definition) is 1. The van der Waals surface area contributed by atoms with Gasteiger partial charge in [0.15, 0.2) is 0 Å². The van der Waals surface area contributed by atoms with Gasteiger partial charge in [-0.1, -0.05) is 30.3 Å². The molecule has 3 aromatic carbocycles. The zero-order valence-corrected chi connectivity index (χ0v) is 26.7. The van der Waals surface area contributed by atoms with Crippen molar-refractivity contribution in [2.24, 2.45) is 0 Å². The van der Waals surface area contributed by atoms with Crippen LogP contribution >= 0.6 is 0 Å². The second-order valence-electron chi connectivity index (χ2n) is 13.0. The number of amides is 1. The average molecular weight is 621 g/mol. The van der Waals surface area contributed by atoms with Gasteiger partial charge in [0.2, 0.25) is 0 Å². The van der Waals surface area contributed by atoms with E-state index in [9.17, 15) is 13.6 Å². The molecule has 5 rings (SSSR count). The summed E-state index contributed by atoms with van der Waals surface area (Å²) in [4.78, 5) is 19.9. The summed E-state index contributed by atoms with van der Waals surface area (Å²) >= 11 is 0. The van der Waals surface area contributed by atoms with Crippen LogP contribution in [0.15, 0.2) is 66.7 Å². The molecule has 0 aliphatic carbocycles. The summed E-state index contributed by atoms with van der Waals surface area (Å²) < 4.78 is 38.8. The van der Waals surface area contributed by atoms with Crippen molar-refractivity contribution in [1.82, 2.24) is 14.7 Å². The van der Waals surface area contributed by atoms with Crippen molar-refractivity contribution in [3.8, 4) is 0 Å². The van der Waals surface area contributed by atoms with Crippen LogP contribution in [0.3, 0.4) is 0 Å². The molecule has 3 aromatic rings. The number of anilines is 1. The van der Waals surface area contributed by atoms with E-state index in [2.05, 4.69) is 39.4 Å². The largest absolute Gasteiger partial charge is 0.448 e. The molecule has 2 aliphatic heterocycles. The van der Waals surface area contributed by atoms with Crippen LogP contribution in [-0.4, -0.2) is 84.9 Å². The lowest BCUT2D eigenvalue weighted by molar-refractivity contribution is 0.0398. The molecular weight excluding hydrogens is 574 g/mol. The first-order valence-corrected chi connectivity index (χ1v) is 16.0. The molecule has 1 N–H and O–H groups in total. The normalized spacial score (nSPS) is 17.5. The van der Waals surface area contributed by atoms with Crippen LogP contribution in [0.1, 0.15) is 43.0 Å². The summed E-state index contributed by atoms with van der Waals surface area (Å²) in [5.74, 6) is -0.511. The molecule has 1 amide bonds. The number of carbonyl (C=O) groups excluding carboxylic acids is 1. The fourth-order valence-corrected chi connectivity index (χ4v) is 6.02. The molecule has 242 valence electrons. The quantitative estimate of drug-likeness (QED) is 0.279. The van der Waals surface area contributed by atoms with E-state index in [-0.39, 0.29) is 30.4 Å². The molecule has 0 radical (unpaired) electrons. The second kappa shape index (κ2) is 15.2. The molecule has 9 heteroatoms. The van der Waals surface area contributed by atoms with Crippen molar-refractivity contribution in [2.75, 3.05) is 57.9 Å². The first-order valence-electron chi connectivity index (χ1n) is 16.0. The zero-order valence-electron chi connectivity index (χ0n) is 26.7. The molecule has 2 heterocycles. The van der Waals surface area contributed by atoms with E-state index in [0.29, 0.717) is 32.5 Å². The summed E-state index contributed by atoms with van der Waals surface area (Å²) in [6, 6.07) is 19.8. The molecule has 0 bridgehead atoms. The van der Waals surface area contributed by atoms with Crippen LogP contribution < -0.4 is 5.32 Å². The highest BCUT2D eigenvalue weighted by Gasteiger charge is 2.30. The number of carbonyl (C=O) groups is 1. The Morgan fingerprint density at radius 3 is 2.33 bits per heavy atom. The summed E-state index contributed by atoms with van der Waals surface area (Å²) in [5, 5.41) is 3.49. The van der Waals surface area contributed by atoms with E-state index >= 15 is 0 Å². The van der Waals surface area contributed by atoms with Crippen LogP contribution in [-0.2, 0) is 35.4 Å². The SMILES string of the molecule is CC(C)(C)N(Cc1ccc(NCCN2CCOCC2)cc1)C(=O)OCCN1Cc2ccc(F)cc2CC1Cc1ccc(F)cc1. The Labute approximate surface area is 266 Å². The molecule has 1 fully saturated rings. The molecule has 1 unspecified atom stereocenters. The van der Waals surface area contributed by atoms with Crippen LogP contribution in [0.4, 0.5) is 19.3 Å². The number of benzene rings is 3. The number of nitrogens with zero attached hydrogens (tertiary/aromatic N) is 3. The number of rotatable bonds is 11. The summed E-state index contributed by atoms with van der Waals surface area (Å²) in [6.07, 6.45) is 1.01. The van der Waals surface area contributed by atoms with Crippen molar-refractivity contribution in [3.05, 3.63) is 101 Å². The van der Waals surface area contributed by atoms with Gasteiger partial charge in [-0.05, 0) is 92.3 Å². The Morgan fingerprint density at radius 1 is 0.933 bits per heavy atom. The van der Waals surface area contributed by atoms with Crippen LogP contribution in [0.25, 0.3) is 0 Å². The maximum absolute atomic E-state index is 14.0. The minimum atomic E-state index is -0.439. The van der Waals surface area contributed by atoms with Gasteiger partial charge in [-0.25, -0.2) is 13.6 Å². The third-order valence-electron chi connectivity index (χ3n) is 8.69. The second-order valence-corrected chi connectivity index (χ2v) is 13.0. The smallest absolute Gasteiger partial charge is 0.410 e. The first-order chi connectivity index (χ1) is 21.6. The number of halogens is 2. The highest BCUT2D eigenvalue weighted by Crippen LogP contribution is 2.27. The summed E-state index contributed by atoms with van der Waals surface area (Å²) in [7, 11) is 0. The molecule has 45 heavy (non-hydrogen) atoms. The number of morpholine rings is 1. The number of ether oxygens (including phenoxy) is 2. The predicted molar refractivity (Wildman–Crippen MR) is 173 cm³/mol. The van der Waals surface area contributed by atoms with Crippen molar-refractivity contribution < 1.29 is 23.0 Å². The van der Waals surface area contributed by atoms with Crippen LogP contribution in [0, 0.1) is 11.6 Å². The molecule has 0 saturated carbocycles. The molecule has 0 aromatic heterocycles. The fourth-order valence-electron chi connectivity index (χ4n) is 6.02. The summed E-state index contributed by atoms with van der Waals surface area (Å²) in [6.45, 7) is 13.3. The first kappa shape index (κ1) is 32.9. The predicted octanol–water partition coefficient (Wildman–Crippen LogP) is 6.12. The topological polar surface area (TPSA) is 57.3 Å². The molecule has 2 aliphatic rings. The van der Waals surface area contributed by atoms with E-state index in [1.165, 1.54) is 18.2 Å². The van der Waals surface area contributed by atoms with Gasteiger partial charge in [0.1, 0.15) is 18.2 Å². The van der Waals surface area contributed by atoms with Gasteiger partial charge in [-0.2, -0.15) is 0 Å². The van der Waals surface area contributed by atoms with E-state index in [0.717, 1.165) is 67.3 Å². The van der Waals surface area contributed by atoms with Gasteiger partial charge >= 0.3 is 6.09 Å². The number of hydrogen-bond acceptors (Lipinski definition) is 6. The van der Waals surface area contributed by atoms with Gasteiger partial charge < -0.3 is 14.8 Å². The van der Waals surface area contributed by atoms with Gasteiger partial charge in [0.05, 0.1) is 13.2 Å². The van der Waals surface area contributed by atoms with Gasteiger partial charge in [0, 0.05) is 63.1 Å². The van der Waals surface area contributed by atoms with Crippen molar-refractivity contribution in [2.45, 2.75) is 58.3 Å². The minimum Gasteiger partial charge on any atom is -0.448 e. The molecule has 0 spiro atoms. The standard InChI is InChI=1S/C36H46F2N4O3/c1-36(2,3)42(25-28-6-12-33(13-7-28)39-14-15-40-16-19-44-20-17-40)35(43)45-21-18-41-26-29-8-11-32(38)23-30(29)24-34(41)22-27-4-9-31(37)10-5-27/h4-13,23,34,39H,14-22,24-26H2,1-3H3. The highest BCUT2D eigenvalue weighted by atomic mass is 19.1. The maximum Gasteiger partial charge on any atom is 0.410 e. The monoisotopic (exact) mass is 620 g/mol. The van der Waals surface area contributed by atoms with Gasteiger partial charge in [-0.15, -0.1) is 0 Å². The fraction of sp³-hybridized carbons (Fsp3) is 0.472. The van der Waals surface area contributed by atoms with E-state index in [1.807, 2.05) is 26.8 Å². The molecule has 7 nitrogen and oxygen atoms in total. The zero-order chi connectivity index (χ0) is 31.8. The van der Waals surface area contributed by atoms with E-state index < -0.39 is 5.54 Å². The minimum absolute atomic E-state index is 0.0724. The summed E-state index contributed by atoms with van der Waals surface area (Å²) in [5.41, 5.74) is 4.73. The number of nitrogens with one attached hydrogen (secondary N) is 1. The highest BCUT2D eigenvalue weighted by molar-refractivity contribution is 5.68. The molecule has 1 saturated heterocycles. The Hall–Kier alpha value is -3.53. The lowest BCUT2D eigenvalue weighted by atomic mass is 9.90. The van der Waals surface area contributed by atoms with Crippen molar-refractivity contribution in [3.63, 3.8) is 0 Å². The van der Waals surface area contributed by atoms with Crippen LogP contribution in [0.5, 0.6) is 0 Å². The Kier molecular flexibility index (Phi) is 11.1. The third kappa shape index (κ3) is 9.48. The van der Waals surface area contributed by atoms with Crippen molar-refractivity contribution >= 4 is 11.8 Å². The number of fused-ring (bicyclic) bond motifs is 1. The third-order valence-corrected chi connectivity index (χ3v) is 8.69. The maximum atomic E-state index is 14.0. The van der Waals surface area contributed by atoms with E-state index in [1.54, 1.807) is 23.1 Å². The lowest BCUT2D eigenvalue weighted by Gasteiger charge is -2.38. The van der Waals surface area contributed by atoms with E-state index in [4.69, 9.17) is 9.47 Å². The van der Waals surface area contributed by atoms with Gasteiger partial charge in [-0.3, -0.25) is 14.7 Å². The Balaban J connectivity index is 1.16. The molecular formula is C36H46F2N4O3. The lowest BCUT2D eigenvalue weighted by Crippen LogP contribution is -2.47.